The van der Waals surface area contributed by atoms with Crippen molar-refractivity contribution in [2.45, 2.75) is 12.8 Å². The molecule has 0 bridgehead atoms. The largest absolute Gasteiger partial charge is 0.494 e. The molecule has 8 heteroatoms. The van der Waals surface area contributed by atoms with Crippen LogP contribution in [0.4, 0.5) is 10.1 Å². The van der Waals surface area contributed by atoms with Crippen LogP contribution in [-0.4, -0.2) is 40.1 Å². The average molecular weight is 395 g/mol. The number of halogens is 1. The lowest BCUT2D eigenvalue weighted by molar-refractivity contribution is -0.116. The zero-order chi connectivity index (χ0) is 19.9. The number of ether oxygens (including phenoxy) is 2. The highest BCUT2D eigenvalue weighted by molar-refractivity contribution is 7.90. The normalized spacial score (nSPS) is 11.1. The molecule has 0 aliphatic rings. The molecule has 0 radical (unpaired) electrons. The summed E-state index contributed by atoms with van der Waals surface area (Å²) in [6, 6.07) is 11.3. The van der Waals surface area contributed by atoms with Gasteiger partial charge in [0.1, 0.15) is 12.4 Å². The molecule has 2 rings (SSSR count). The van der Waals surface area contributed by atoms with Crippen LogP contribution in [0.15, 0.2) is 42.5 Å². The van der Waals surface area contributed by atoms with Crippen LogP contribution in [0.25, 0.3) is 0 Å². The quantitative estimate of drug-likeness (QED) is 0.706. The summed E-state index contributed by atoms with van der Waals surface area (Å²) >= 11 is 0. The fraction of sp³-hybridized carbons (Fsp3) is 0.316. The van der Waals surface area contributed by atoms with Gasteiger partial charge in [-0.25, -0.2) is 12.8 Å². The van der Waals surface area contributed by atoms with Gasteiger partial charge in [-0.2, -0.15) is 0 Å². The Morgan fingerprint density at radius 2 is 1.96 bits per heavy atom. The number of sulfone groups is 1. The number of hydrogen-bond donors (Lipinski definition) is 1. The molecule has 0 aliphatic carbocycles. The van der Waals surface area contributed by atoms with Crippen molar-refractivity contribution in [3.05, 3.63) is 53.8 Å². The van der Waals surface area contributed by atoms with Gasteiger partial charge in [-0.15, -0.1) is 0 Å². The predicted octanol–water partition coefficient (Wildman–Crippen LogP) is 2.83. The van der Waals surface area contributed by atoms with E-state index in [2.05, 4.69) is 5.32 Å². The Hall–Kier alpha value is -2.61. The number of carbonyl (C=O) groups is 1. The SMILES string of the molecule is COc1ccc(CCC(=O)Nc2cccc(OCCS(C)(=O)=O)c2)cc1F. The molecule has 0 spiro atoms. The summed E-state index contributed by atoms with van der Waals surface area (Å²) in [6.07, 6.45) is 1.71. The number of rotatable bonds is 9. The Morgan fingerprint density at radius 1 is 1.19 bits per heavy atom. The van der Waals surface area contributed by atoms with Crippen molar-refractivity contribution in [3.63, 3.8) is 0 Å². The zero-order valence-corrected chi connectivity index (χ0v) is 16.0. The summed E-state index contributed by atoms with van der Waals surface area (Å²) in [5, 5.41) is 2.74. The highest BCUT2D eigenvalue weighted by Crippen LogP contribution is 2.20. The topological polar surface area (TPSA) is 81.7 Å². The molecule has 0 unspecified atom stereocenters. The number of amides is 1. The monoisotopic (exact) mass is 395 g/mol. The fourth-order valence-corrected chi connectivity index (χ4v) is 2.71. The van der Waals surface area contributed by atoms with Crippen LogP contribution in [-0.2, 0) is 21.1 Å². The molecular weight excluding hydrogens is 373 g/mol. The van der Waals surface area contributed by atoms with Crippen LogP contribution >= 0.6 is 0 Å². The maximum absolute atomic E-state index is 13.7. The highest BCUT2D eigenvalue weighted by atomic mass is 32.2. The molecule has 146 valence electrons. The lowest BCUT2D eigenvalue weighted by Gasteiger charge is -2.09. The second kappa shape index (κ2) is 9.36. The first kappa shape index (κ1) is 20.7. The number of hydrogen-bond acceptors (Lipinski definition) is 5. The molecule has 1 amide bonds. The van der Waals surface area contributed by atoms with Gasteiger partial charge in [-0.1, -0.05) is 12.1 Å². The van der Waals surface area contributed by atoms with E-state index in [1.165, 1.54) is 19.2 Å². The number of anilines is 1. The first-order valence-electron chi connectivity index (χ1n) is 8.30. The van der Waals surface area contributed by atoms with E-state index in [1.807, 2.05) is 0 Å². The molecule has 0 aliphatic heterocycles. The van der Waals surface area contributed by atoms with E-state index >= 15 is 0 Å². The van der Waals surface area contributed by atoms with Crippen LogP contribution in [0.1, 0.15) is 12.0 Å². The van der Waals surface area contributed by atoms with Gasteiger partial charge in [-0.05, 0) is 36.2 Å². The van der Waals surface area contributed by atoms with Gasteiger partial charge in [0.2, 0.25) is 5.91 Å². The number of nitrogens with one attached hydrogen (secondary N) is 1. The van der Waals surface area contributed by atoms with Gasteiger partial charge >= 0.3 is 0 Å². The standard InChI is InChI=1S/C19H22FNO5S/c1-25-18-8-6-14(12-17(18)20)7-9-19(22)21-15-4-3-5-16(13-15)26-10-11-27(2,23)24/h3-6,8,12-13H,7,9-11H2,1-2H3,(H,21,22). The Balaban J connectivity index is 1.86. The van der Waals surface area contributed by atoms with Crippen molar-refractivity contribution in [3.8, 4) is 11.5 Å². The van der Waals surface area contributed by atoms with E-state index in [0.717, 1.165) is 6.26 Å². The number of carbonyl (C=O) groups excluding carboxylic acids is 1. The first-order valence-corrected chi connectivity index (χ1v) is 10.4. The van der Waals surface area contributed by atoms with Gasteiger partial charge in [-0.3, -0.25) is 4.79 Å². The summed E-state index contributed by atoms with van der Waals surface area (Å²) in [5.41, 5.74) is 1.24. The summed E-state index contributed by atoms with van der Waals surface area (Å²) in [5.74, 6) is -0.138. The Kier molecular flexibility index (Phi) is 7.18. The van der Waals surface area contributed by atoms with E-state index in [9.17, 15) is 17.6 Å². The van der Waals surface area contributed by atoms with E-state index in [0.29, 0.717) is 23.4 Å². The molecule has 0 atom stereocenters. The van der Waals surface area contributed by atoms with Gasteiger partial charge in [0, 0.05) is 24.4 Å². The van der Waals surface area contributed by atoms with Gasteiger partial charge < -0.3 is 14.8 Å². The molecular formula is C19H22FNO5S. The molecule has 0 heterocycles. The Bertz CT molecular complexity index is 899. The molecule has 1 N–H and O–H groups in total. The molecule has 0 fully saturated rings. The van der Waals surface area contributed by atoms with Gasteiger partial charge in [0.25, 0.3) is 0 Å². The second-order valence-corrected chi connectivity index (χ2v) is 8.28. The summed E-state index contributed by atoms with van der Waals surface area (Å²) in [6.45, 7) is 0.0409. The minimum atomic E-state index is -3.09. The number of methoxy groups -OCH3 is 1. The van der Waals surface area contributed by atoms with Crippen LogP contribution in [0.5, 0.6) is 11.5 Å². The summed E-state index contributed by atoms with van der Waals surface area (Å²) < 4.78 is 46.1. The van der Waals surface area contributed by atoms with Crippen molar-refractivity contribution in [1.29, 1.82) is 0 Å². The molecule has 2 aromatic rings. The fourth-order valence-electron chi connectivity index (χ4n) is 2.32. The third-order valence-corrected chi connectivity index (χ3v) is 4.61. The molecule has 2 aromatic carbocycles. The minimum Gasteiger partial charge on any atom is -0.494 e. The van der Waals surface area contributed by atoms with Crippen LogP contribution in [0.3, 0.4) is 0 Å². The predicted molar refractivity (Wildman–Crippen MR) is 102 cm³/mol. The molecule has 0 saturated heterocycles. The maximum atomic E-state index is 13.7. The van der Waals surface area contributed by atoms with Crippen LogP contribution in [0, 0.1) is 5.82 Å². The maximum Gasteiger partial charge on any atom is 0.224 e. The molecule has 0 aromatic heterocycles. The van der Waals surface area contributed by atoms with E-state index in [1.54, 1.807) is 30.3 Å². The second-order valence-electron chi connectivity index (χ2n) is 6.02. The van der Waals surface area contributed by atoms with Crippen LogP contribution < -0.4 is 14.8 Å². The minimum absolute atomic E-state index is 0.0409. The molecule has 6 nitrogen and oxygen atoms in total. The lowest BCUT2D eigenvalue weighted by Crippen LogP contribution is -2.13. The Morgan fingerprint density at radius 3 is 2.63 bits per heavy atom. The summed E-state index contributed by atoms with van der Waals surface area (Å²) in [4.78, 5) is 12.1. The Labute approximate surface area is 158 Å². The number of aryl methyl sites for hydroxylation is 1. The number of benzene rings is 2. The van der Waals surface area contributed by atoms with Crippen molar-refractivity contribution in [1.82, 2.24) is 0 Å². The smallest absolute Gasteiger partial charge is 0.224 e. The van der Waals surface area contributed by atoms with Crippen molar-refractivity contribution < 1.29 is 27.1 Å². The van der Waals surface area contributed by atoms with Crippen LogP contribution in [0.2, 0.25) is 0 Å². The highest BCUT2D eigenvalue weighted by Gasteiger charge is 2.08. The van der Waals surface area contributed by atoms with Crippen molar-refractivity contribution >= 4 is 21.4 Å². The van der Waals surface area contributed by atoms with Crippen molar-refractivity contribution in [2.24, 2.45) is 0 Å². The van der Waals surface area contributed by atoms with Crippen molar-refractivity contribution in [2.75, 3.05) is 31.0 Å². The third kappa shape index (κ3) is 7.26. The molecule has 27 heavy (non-hydrogen) atoms. The van der Waals surface area contributed by atoms with E-state index in [-0.39, 0.29) is 30.4 Å². The molecule has 0 saturated carbocycles. The average Bonchev–Trinajstić information content (AvgIpc) is 2.59. The summed E-state index contributed by atoms with van der Waals surface area (Å²) in [7, 11) is -1.70. The van der Waals surface area contributed by atoms with E-state index in [4.69, 9.17) is 9.47 Å². The van der Waals surface area contributed by atoms with Gasteiger partial charge in [0.15, 0.2) is 21.4 Å². The van der Waals surface area contributed by atoms with Gasteiger partial charge in [0.05, 0.1) is 12.9 Å². The first-order chi connectivity index (χ1) is 12.8. The van der Waals surface area contributed by atoms with E-state index < -0.39 is 15.7 Å². The lowest BCUT2D eigenvalue weighted by atomic mass is 10.1. The third-order valence-electron chi connectivity index (χ3n) is 3.70. The zero-order valence-electron chi connectivity index (χ0n) is 15.2.